The Kier molecular flexibility index (Phi) is 10.4. The van der Waals surface area contributed by atoms with Crippen molar-refractivity contribution < 1.29 is 13.0 Å². The summed E-state index contributed by atoms with van der Waals surface area (Å²) in [5, 5.41) is -0.827. The maximum Gasteiger partial charge on any atom is 0.286 e. The average Bonchev–Trinajstić information content (AvgIpc) is 2.97. The molecule has 0 spiro atoms. The van der Waals surface area contributed by atoms with Crippen LogP contribution in [0.5, 0.6) is 0 Å². The van der Waals surface area contributed by atoms with E-state index in [-0.39, 0.29) is 0 Å². The summed E-state index contributed by atoms with van der Waals surface area (Å²) in [6, 6.07) is 0. The van der Waals surface area contributed by atoms with Crippen molar-refractivity contribution in [2.24, 2.45) is 0 Å². The van der Waals surface area contributed by atoms with E-state index in [1.165, 1.54) is 57.8 Å². The third kappa shape index (κ3) is 8.38. The smallest absolute Gasteiger partial charge is 0.286 e. The van der Waals surface area contributed by atoms with Crippen molar-refractivity contribution >= 4 is 10.1 Å². The molecule has 0 fully saturated rings. The molecule has 1 aliphatic heterocycles. The molecule has 0 saturated heterocycles. The Balaban J connectivity index is 2.05. The second kappa shape index (κ2) is 11.7. The fraction of sp³-hybridized carbons (Fsp3) is 0.889. The first-order valence-electron chi connectivity index (χ1n) is 9.63. The first-order chi connectivity index (χ1) is 11.5. The molecule has 5 nitrogen and oxygen atoms in total. The predicted octanol–water partition coefficient (Wildman–Crippen LogP) is 4.58. The van der Waals surface area contributed by atoms with Crippen LogP contribution in [-0.4, -0.2) is 41.4 Å². The zero-order valence-electron chi connectivity index (χ0n) is 15.5. The van der Waals surface area contributed by atoms with E-state index in [1.54, 1.807) is 18.0 Å². The van der Waals surface area contributed by atoms with Gasteiger partial charge >= 0.3 is 0 Å². The lowest BCUT2D eigenvalue weighted by Crippen LogP contribution is -2.39. The van der Waals surface area contributed by atoms with E-state index >= 15 is 0 Å². The number of hydrogen-bond acceptors (Lipinski definition) is 4. The SMILES string of the molecule is CCCCCCCCCCCCN1C=CN(C(CC)S(=O)(=O)O)C1. The molecule has 0 saturated carbocycles. The Hall–Kier alpha value is -0.750. The fourth-order valence-corrected chi connectivity index (χ4v) is 4.14. The Morgan fingerprint density at radius 1 is 0.917 bits per heavy atom. The van der Waals surface area contributed by atoms with Crippen molar-refractivity contribution in [3.63, 3.8) is 0 Å². The highest BCUT2D eigenvalue weighted by atomic mass is 32.2. The van der Waals surface area contributed by atoms with Crippen molar-refractivity contribution in [2.45, 2.75) is 89.9 Å². The van der Waals surface area contributed by atoms with Gasteiger partial charge in [-0.1, -0.05) is 71.6 Å². The van der Waals surface area contributed by atoms with Gasteiger partial charge in [-0.25, -0.2) is 0 Å². The lowest BCUT2D eigenvalue weighted by Gasteiger charge is -2.26. The first kappa shape index (κ1) is 21.3. The maximum atomic E-state index is 11.4. The van der Waals surface area contributed by atoms with Crippen LogP contribution in [0.25, 0.3) is 0 Å². The molecule has 0 aromatic heterocycles. The molecule has 1 N–H and O–H groups in total. The van der Waals surface area contributed by atoms with Gasteiger partial charge in [0.25, 0.3) is 10.1 Å². The summed E-state index contributed by atoms with van der Waals surface area (Å²) in [7, 11) is -4.02. The van der Waals surface area contributed by atoms with Crippen LogP contribution in [0.3, 0.4) is 0 Å². The van der Waals surface area contributed by atoms with Crippen molar-refractivity contribution in [1.29, 1.82) is 0 Å². The van der Waals surface area contributed by atoms with E-state index in [9.17, 15) is 13.0 Å². The van der Waals surface area contributed by atoms with E-state index < -0.39 is 15.5 Å². The number of unbranched alkanes of at least 4 members (excludes halogenated alkanes) is 9. The second-order valence-corrected chi connectivity index (χ2v) is 8.40. The van der Waals surface area contributed by atoms with Crippen LogP contribution in [0.15, 0.2) is 12.4 Å². The van der Waals surface area contributed by atoms with Crippen LogP contribution in [0.4, 0.5) is 0 Å². The highest BCUT2D eigenvalue weighted by Crippen LogP contribution is 2.18. The molecular weight excluding hydrogens is 324 g/mol. The van der Waals surface area contributed by atoms with E-state index in [0.717, 1.165) is 13.0 Å². The monoisotopic (exact) mass is 360 g/mol. The van der Waals surface area contributed by atoms with E-state index in [1.807, 2.05) is 6.20 Å². The van der Waals surface area contributed by atoms with Crippen LogP contribution >= 0.6 is 0 Å². The molecule has 0 radical (unpaired) electrons. The third-order valence-corrected chi connectivity index (χ3v) is 5.97. The molecule has 0 bridgehead atoms. The van der Waals surface area contributed by atoms with E-state index in [2.05, 4.69) is 11.8 Å². The first-order valence-corrected chi connectivity index (χ1v) is 11.1. The van der Waals surface area contributed by atoms with Crippen LogP contribution < -0.4 is 0 Å². The molecule has 1 heterocycles. The summed E-state index contributed by atoms with van der Waals surface area (Å²) in [6.45, 7) is 5.53. The largest absolute Gasteiger partial charge is 0.359 e. The Morgan fingerprint density at radius 2 is 1.46 bits per heavy atom. The second-order valence-electron chi connectivity index (χ2n) is 6.83. The molecular formula is C18H36N2O3S. The van der Waals surface area contributed by atoms with E-state index in [0.29, 0.717) is 13.1 Å². The van der Waals surface area contributed by atoms with Gasteiger partial charge in [-0.2, -0.15) is 8.42 Å². The van der Waals surface area contributed by atoms with Crippen LogP contribution in [0.1, 0.15) is 84.5 Å². The average molecular weight is 361 g/mol. The molecule has 142 valence electrons. The summed E-state index contributed by atoms with van der Waals surface area (Å²) in [4.78, 5) is 3.82. The van der Waals surface area contributed by atoms with Gasteiger partial charge in [0.05, 0.1) is 6.67 Å². The third-order valence-electron chi connectivity index (χ3n) is 4.68. The summed E-state index contributed by atoms with van der Waals surface area (Å²) < 4.78 is 32.0. The molecule has 0 amide bonds. The fourth-order valence-electron chi connectivity index (χ4n) is 3.23. The van der Waals surface area contributed by atoms with Gasteiger partial charge in [0.2, 0.25) is 0 Å². The lowest BCUT2D eigenvalue weighted by molar-refractivity contribution is 0.234. The van der Waals surface area contributed by atoms with Crippen LogP contribution in [-0.2, 0) is 10.1 Å². The summed E-state index contributed by atoms with van der Waals surface area (Å²) in [5.74, 6) is 0. The van der Waals surface area contributed by atoms with Crippen LogP contribution in [0.2, 0.25) is 0 Å². The minimum atomic E-state index is -4.02. The Morgan fingerprint density at radius 3 is 1.96 bits per heavy atom. The molecule has 1 unspecified atom stereocenters. The van der Waals surface area contributed by atoms with Gasteiger partial charge in [0.1, 0.15) is 0 Å². The Labute approximate surface area is 148 Å². The van der Waals surface area contributed by atoms with Gasteiger partial charge < -0.3 is 9.80 Å². The topological polar surface area (TPSA) is 60.9 Å². The van der Waals surface area contributed by atoms with Crippen molar-refractivity contribution in [3.05, 3.63) is 12.4 Å². The standard InChI is InChI=1S/C18H36N2O3S/c1-3-5-6-7-8-9-10-11-12-13-14-19-15-16-20(17-19)18(4-2)24(21,22)23/h15-16,18H,3-14,17H2,1-2H3,(H,21,22,23). The zero-order valence-corrected chi connectivity index (χ0v) is 16.3. The highest BCUT2D eigenvalue weighted by molar-refractivity contribution is 7.86. The lowest BCUT2D eigenvalue weighted by atomic mass is 10.1. The molecule has 0 aromatic rings. The number of rotatable bonds is 14. The molecule has 24 heavy (non-hydrogen) atoms. The zero-order chi connectivity index (χ0) is 17.8. The van der Waals surface area contributed by atoms with Crippen molar-refractivity contribution in [1.82, 2.24) is 9.80 Å². The summed E-state index contributed by atoms with van der Waals surface area (Å²) in [5.41, 5.74) is 0. The molecule has 0 aromatic carbocycles. The Bertz CT molecular complexity index is 451. The van der Waals surface area contributed by atoms with E-state index in [4.69, 9.17) is 0 Å². The maximum absolute atomic E-state index is 11.4. The molecule has 1 aliphatic rings. The van der Waals surface area contributed by atoms with Crippen molar-refractivity contribution in [3.8, 4) is 0 Å². The molecule has 6 heteroatoms. The molecule has 0 aliphatic carbocycles. The van der Waals surface area contributed by atoms with Gasteiger partial charge in [0, 0.05) is 18.9 Å². The normalized spacial score (nSPS) is 16.1. The minimum Gasteiger partial charge on any atom is -0.359 e. The minimum absolute atomic E-state index is 0.384. The van der Waals surface area contributed by atoms with Crippen molar-refractivity contribution in [2.75, 3.05) is 13.2 Å². The van der Waals surface area contributed by atoms with Gasteiger partial charge in [0.15, 0.2) is 5.37 Å². The molecule has 1 rings (SSSR count). The van der Waals surface area contributed by atoms with Gasteiger partial charge in [-0.05, 0) is 12.8 Å². The van der Waals surface area contributed by atoms with Gasteiger partial charge in [-0.15, -0.1) is 0 Å². The quantitative estimate of drug-likeness (QED) is 0.363. The summed E-state index contributed by atoms with van der Waals surface area (Å²) >= 11 is 0. The highest BCUT2D eigenvalue weighted by Gasteiger charge is 2.29. The van der Waals surface area contributed by atoms with Gasteiger partial charge in [-0.3, -0.25) is 4.55 Å². The number of hydrogen-bond donors (Lipinski definition) is 1. The van der Waals surface area contributed by atoms with Crippen LogP contribution in [0, 0.1) is 0 Å². The number of nitrogens with zero attached hydrogens (tertiary/aromatic N) is 2. The molecule has 1 atom stereocenters. The summed E-state index contributed by atoms with van der Waals surface area (Å²) in [6.07, 6.45) is 17.3. The predicted molar refractivity (Wildman–Crippen MR) is 100 cm³/mol.